The number of ether oxygens (including phenoxy) is 2. The lowest BCUT2D eigenvalue weighted by Crippen LogP contribution is -2.27. The van der Waals surface area contributed by atoms with Gasteiger partial charge < -0.3 is 20.1 Å². The van der Waals surface area contributed by atoms with Gasteiger partial charge in [-0.1, -0.05) is 0 Å². The zero-order valence-corrected chi connectivity index (χ0v) is 13.6. The summed E-state index contributed by atoms with van der Waals surface area (Å²) < 4.78 is 24.0. The first-order valence-electron chi connectivity index (χ1n) is 7.06. The Bertz CT molecular complexity index is 508. The Labute approximate surface area is 136 Å². The number of hydrogen-bond donors (Lipinski definition) is 2. The van der Waals surface area contributed by atoms with Crippen molar-refractivity contribution in [2.24, 2.45) is 5.92 Å². The third kappa shape index (κ3) is 4.48. The van der Waals surface area contributed by atoms with Crippen molar-refractivity contribution in [2.45, 2.75) is 12.8 Å². The molecule has 1 saturated heterocycles. The van der Waals surface area contributed by atoms with Crippen LogP contribution in [0.25, 0.3) is 0 Å². The number of nitrogens with one attached hydrogen (secondary N) is 2. The quantitative estimate of drug-likeness (QED) is 0.836. The zero-order valence-electron chi connectivity index (χ0n) is 12.8. The largest absolute Gasteiger partial charge is 0.493 e. The van der Waals surface area contributed by atoms with Gasteiger partial charge in [0, 0.05) is 12.6 Å². The molecule has 2 N–H and O–H groups in total. The summed E-state index contributed by atoms with van der Waals surface area (Å²) in [5, 5.41) is 6.03. The lowest BCUT2D eigenvalue weighted by molar-refractivity contribution is 0.0947. The van der Waals surface area contributed by atoms with Crippen LogP contribution < -0.4 is 20.1 Å². The number of benzene rings is 1. The molecule has 0 bridgehead atoms. The van der Waals surface area contributed by atoms with E-state index in [0.717, 1.165) is 32.0 Å². The molecule has 0 spiro atoms. The van der Waals surface area contributed by atoms with Gasteiger partial charge >= 0.3 is 0 Å². The maximum atomic E-state index is 13.9. The van der Waals surface area contributed by atoms with Crippen LogP contribution in [0, 0.1) is 11.7 Å². The summed E-state index contributed by atoms with van der Waals surface area (Å²) in [6.07, 6.45) is 2.02. The maximum Gasteiger partial charge on any atom is 0.254 e. The van der Waals surface area contributed by atoms with Gasteiger partial charge in [0.15, 0.2) is 11.5 Å². The smallest absolute Gasteiger partial charge is 0.254 e. The van der Waals surface area contributed by atoms with Gasteiger partial charge in [-0.3, -0.25) is 4.79 Å². The summed E-state index contributed by atoms with van der Waals surface area (Å²) in [5.41, 5.74) is -0.0304. The first kappa shape index (κ1) is 18.5. The molecule has 7 heteroatoms. The number of hydrogen-bond acceptors (Lipinski definition) is 4. The highest BCUT2D eigenvalue weighted by molar-refractivity contribution is 5.95. The standard InChI is InChI=1S/C15H21FN2O3.ClH/c1-20-13-7-11(12(16)8-14(13)21-2)15(19)18-6-4-10-3-5-17-9-10;/h7-8,10,17H,3-6,9H2,1-2H3,(H,18,19);1H. The first-order valence-corrected chi connectivity index (χ1v) is 7.06. The summed E-state index contributed by atoms with van der Waals surface area (Å²) in [5.74, 6) is 0.139. The summed E-state index contributed by atoms with van der Waals surface area (Å²) in [7, 11) is 2.87. The second kappa shape index (κ2) is 8.80. The Morgan fingerprint density at radius 3 is 2.64 bits per heavy atom. The SMILES string of the molecule is COc1cc(F)c(C(=O)NCCC2CCNC2)cc1OC.Cl. The van der Waals surface area contributed by atoms with Gasteiger partial charge in [0.1, 0.15) is 5.82 Å². The molecule has 1 unspecified atom stereocenters. The predicted molar refractivity (Wildman–Crippen MR) is 84.7 cm³/mol. The van der Waals surface area contributed by atoms with Gasteiger partial charge in [0.25, 0.3) is 5.91 Å². The van der Waals surface area contributed by atoms with Gasteiger partial charge in [-0.2, -0.15) is 0 Å². The number of methoxy groups -OCH3 is 2. The summed E-state index contributed by atoms with van der Waals surface area (Å²) >= 11 is 0. The van der Waals surface area contributed by atoms with E-state index in [-0.39, 0.29) is 23.7 Å². The van der Waals surface area contributed by atoms with E-state index in [2.05, 4.69) is 10.6 Å². The highest BCUT2D eigenvalue weighted by atomic mass is 35.5. The lowest BCUT2D eigenvalue weighted by Gasteiger charge is -2.12. The third-order valence-electron chi connectivity index (χ3n) is 3.72. The van der Waals surface area contributed by atoms with E-state index in [1.165, 1.54) is 20.3 Å². The van der Waals surface area contributed by atoms with Crippen molar-refractivity contribution in [2.75, 3.05) is 33.9 Å². The van der Waals surface area contributed by atoms with Crippen LogP contribution in [0.1, 0.15) is 23.2 Å². The molecule has 5 nitrogen and oxygen atoms in total. The lowest BCUT2D eigenvalue weighted by atomic mass is 10.1. The minimum absolute atomic E-state index is 0. The van der Waals surface area contributed by atoms with Gasteiger partial charge in [-0.05, 0) is 37.9 Å². The van der Waals surface area contributed by atoms with E-state index in [9.17, 15) is 9.18 Å². The van der Waals surface area contributed by atoms with Crippen molar-refractivity contribution < 1.29 is 18.7 Å². The van der Waals surface area contributed by atoms with E-state index < -0.39 is 11.7 Å². The predicted octanol–water partition coefficient (Wildman–Crippen LogP) is 1.99. The van der Waals surface area contributed by atoms with Crippen molar-refractivity contribution in [3.63, 3.8) is 0 Å². The van der Waals surface area contributed by atoms with Crippen LogP contribution in [0.4, 0.5) is 4.39 Å². The van der Waals surface area contributed by atoms with Crippen molar-refractivity contribution in [1.82, 2.24) is 10.6 Å². The molecule has 0 aromatic heterocycles. The normalized spacial score (nSPS) is 16.8. The molecule has 0 radical (unpaired) electrons. The second-order valence-corrected chi connectivity index (χ2v) is 5.09. The molecule has 1 aromatic carbocycles. The van der Waals surface area contributed by atoms with E-state index in [1.807, 2.05) is 0 Å². The van der Waals surface area contributed by atoms with Crippen LogP contribution in [0.2, 0.25) is 0 Å². The highest BCUT2D eigenvalue weighted by Gasteiger charge is 2.18. The van der Waals surface area contributed by atoms with Crippen LogP contribution in [0.15, 0.2) is 12.1 Å². The Hall–Kier alpha value is -1.53. The summed E-state index contributed by atoms with van der Waals surface area (Å²) in [6.45, 7) is 2.56. The van der Waals surface area contributed by atoms with E-state index >= 15 is 0 Å². The fourth-order valence-electron chi connectivity index (χ4n) is 2.47. The molecular weight excluding hydrogens is 311 g/mol. The minimum atomic E-state index is -0.618. The molecule has 2 rings (SSSR count). The van der Waals surface area contributed by atoms with E-state index in [4.69, 9.17) is 9.47 Å². The Balaban J connectivity index is 0.00000242. The maximum absolute atomic E-state index is 13.9. The van der Waals surface area contributed by atoms with Crippen LogP contribution in [-0.4, -0.2) is 39.8 Å². The Morgan fingerprint density at radius 1 is 1.36 bits per heavy atom. The second-order valence-electron chi connectivity index (χ2n) is 5.09. The van der Waals surface area contributed by atoms with Crippen LogP contribution >= 0.6 is 12.4 Å². The third-order valence-corrected chi connectivity index (χ3v) is 3.72. The average molecular weight is 333 g/mol. The molecule has 1 aliphatic heterocycles. The van der Waals surface area contributed by atoms with Crippen molar-refractivity contribution in [1.29, 1.82) is 0 Å². The van der Waals surface area contributed by atoms with Gasteiger partial charge in [0.05, 0.1) is 19.8 Å². The minimum Gasteiger partial charge on any atom is -0.493 e. The number of halogens is 2. The summed E-state index contributed by atoms with van der Waals surface area (Å²) in [4.78, 5) is 12.0. The van der Waals surface area contributed by atoms with Crippen LogP contribution in [0.5, 0.6) is 11.5 Å². The van der Waals surface area contributed by atoms with Crippen LogP contribution in [0.3, 0.4) is 0 Å². The molecule has 1 heterocycles. The number of carbonyl (C=O) groups excluding carboxylic acids is 1. The monoisotopic (exact) mass is 332 g/mol. The van der Waals surface area contributed by atoms with Gasteiger partial charge in [-0.15, -0.1) is 12.4 Å². The molecule has 1 aromatic rings. The number of carbonyl (C=O) groups is 1. The van der Waals surface area contributed by atoms with Gasteiger partial charge in [-0.25, -0.2) is 4.39 Å². The zero-order chi connectivity index (χ0) is 15.2. The average Bonchev–Trinajstić information content (AvgIpc) is 3.00. The molecule has 0 saturated carbocycles. The topological polar surface area (TPSA) is 59.6 Å². The van der Waals surface area contributed by atoms with Crippen LogP contribution in [-0.2, 0) is 0 Å². The van der Waals surface area contributed by atoms with Crippen molar-refractivity contribution in [3.05, 3.63) is 23.5 Å². The molecular formula is C15H22ClFN2O3. The van der Waals surface area contributed by atoms with E-state index in [0.29, 0.717) is 18.2 Å². The molecule has 1 aliphatic rings. The van der Waals surface area contributed by atoms with Gasteiger partial charge in [0.2, 0.25) is 0 Å². The summed E-state index contributed by atoms with van der Waals surface area (Å²) in [6, 6.07) is 2.52. The first-order chi connectivity index (χ1) is 10.2. The number of amides is 1. The molecule has 1 amide bonds. The highest BCUT2D eigenvalue weighted by Crippen LogP contribution is 2.29. The Kier molecular flexibility index (Phi) is 7.41. The molecule has 1 atom stereocenters. The fourth-order valence-corrected chi connectivity index (χ4v) is 2.47. The molecule has 22 heavy (non-hydrogen) atoms. The molecule has 0 aliphatic carbocycles. The molecule has 1 fully saturated rings. The van der Waals surface area contributed by atoms with Crippen molar-refractivity contribution >= 4 is 18.3 Å². The fraction of sp³-hybridized carbons (Fsp3) is 0.533. The van der Waals surface area contributed by atoms with E-state index in [1.54, 1.807) is 0 Å². The molecule has 124 valence electrons. The number of rotatable bonds is 6. The Morgan fingerprint density at radius 2 is 2.05 bits per heavy atom. The van der Waals surface area contributed by atoms with Crippen molar-refractivity contribution in [3.8, 4) is 11.5 Å².